The molecule has 0 saturated heterocycles. The highest BCUT2D eigenvalue weighted by atomic mass is 16.1. The number of ketones is 2. The highest BCUT2D eigenvalue weighted by Gasteiger charge is 2.28. The van der Waals surface area contributed by atoms with E-state index in [1.807, 2.05) is 39.0 Å². The number of hydrogen-bond acceptors (Lipinski definition) is 2. The standard InChI is InChI=1S/C22H34O.C14H18O/c1-3-21(23)18-22(2,16-14-19-10-6-4-7-11-19)17-15-20-12-8-5-9-13-20;1-3-14(15)11-12(2)9-10-13-7-5-4-6-8-13/h4,6-7,10-11,20H,3,5,8-9,12-18H2,1-2H3;4-8,11H,3,9-10H2,1-2H3/b;12-11+/t22-;/m1./s1. The summed E-state index contributed by atoms with van der Waals surface area (Å²) in [5.74, 6) is 1.57. The molecule has 1 fully saturated rings. The van der Waals surface area contributed by atoms with Crippen LogP contribution in [0.25, 0.3) is 0 Å². The van der Waals surface area contributed by atoms with Crippen LogP contribution in [0.3, 0.4) is 0 Å². The second-order valence-corrected chi connectivity index (χ2v) is 11.7. The molecular formula is C36H52O2. The van der Waals surface area contributed by atoms with Gasteiger partial charge in [-0.2, -0.15) is 0 Å². The lowest BCUT2D eigenvalue weighted by Gasteiger charge is -2.32. The molecule has 0 unspecified atom stereocenters. The summed E-state index contributed by atoms with van der Waals surface area (Å²) in [7, 11) is 0. The molecular weight excluding hydrogens is 464 g/mol. The van der Waals surface area contributed by atoms with Crippen molar-refractivity contribution in [3.8, 4) is 0 Å². The summed E-state index contributed by atoms with van der Waals surface area (Å²) < 4.78 is 0. The van der Waals surface area contributed by atoms with Crippen molar-refractivity contribution < 1.29 is 9.59 Å². The molecule has 1 aliphatic carbocycles. The van der Waals surface area contributed by atoms with Crippen LogP contribution in [0.5, 0.6) is 0 Å². The average molecular weight is 517 g/mol. The molecule has 0 spiro atoms. The Hall–Kier alpha value is -2.48. The van der Waals surface area contributed by atoms with Crippen LogP contribution in [0, 0.1) is 11.3 Å². The van der Waals surface area contributed by atoms with Gasteiger partial charge in [0.1, 0.15) is 5.78 Å². The largest absolute Gasteiger partial charge is 0.300 e. The number of allylic oxidation sites excluding steroid dienone is 2. The molecule has 2 nitrogen and oxygen atoms in total. The Morgan fingerprint density at radius 1 is 0.816 bits per heavy atom. The van der Waals surface area contributed by atoms with Crippen LogP contribution >= 0.6 is 0 Å². The molecule has 0 amide bonds. The van der Waals surface area contributed by atoms with Gasteiger partial charge in [-0.3, -0.25) is 9.59 Å². The predicted octanol–water partition coefficient (Wildman–Crippen LogP) is 9.90. The van der Waals surface area contributed by atoms with Gasteiger partial charge in [-0.15, -0.1) is 0 Å². The van der Waals surface area contributed by atoms with Gasteiger partial charge >= 0.3 is 0 Å². The zero-order valence-corrected chi connectivity index (χ0v) is 24.6. The minimum Gasteiger partial charge on any atom is -0.300 e. The Labute approximate surface area is 233 Å². The third kappa shape index (κ3) is 13.4. The normalized spacial score (nSPS) is 15.7. The fraction of sp³-hybridized carbons (Fsp3) is 0.556. The number of hydrogen-bond donors (Lipinski definition) is 0. The van der Waals surface area contributed by atoms with Gasteiger partial charge in [0.05, 0.1) is 0 Å². The number of aryl methyl sites for hydroxylation is 2. The van der Waals surface area contributed by atoms with Crippen LogP contribution in [0.1, 0.15) is 116 Å². The molecule has 0 aromatic heterocycles. The molecule has 38 heavy (non-hydrogen) atoms. The van der Waals surface area contributed by atoms with Crippen LogP contribution in [0.2, 0.25) is 0 Å². The molecule has 0 heterocycles. The predicted molar refractivity (Wildman–Crippen MR) is 162 cm³/mol. The third-order valence-electron chi connectivity index (χ3n) is 8.17. The molecule has 208 valence electrons. The molecule has 3 rings (SSSR count). The summed E-state index contributed by atoms with van der Waals surface area (Å²) >= 11 is 0. The topological polar surface area (TPSA) is 34.1 Å². The van der Waals surface area contributed by atoms with E-state index >= 15 is 0 Å². The van der Waals surface area contributed by atoms with Gasteiger partial charge in [0.2, 0.25) is 0 Å². The zero-order chi connectivity index (χ0) is 27.6. The second kappa shape index (κ2) is 17.9. The molecule has 1 saturated carbocycles. The lowest BCUT2D eigenvalue weighted by molar-refractivity contribution is -0.121. The zero-order valence-electron chi connectivity index (χ0n) is 24.6. The maximum absolute atomic E-state index is 12.1. The molecule has 0 N–H and O–H groups in total. The minimum atomic E-state index is 0.181. The van der Waals surface area contributed by atoms with E-state index in [2.05, 4.69) is 49.4 Å². The number of rotatable bonds is 14. The minimum absolute atomic E-state index is 0.181. The van der Waals surface area contributed by atoms with E-state index in [1.54, 1.807) is 6.08 Å². The summed E-state index contributed by atoms with van der Waals surface area (Å²) in [5.41, 5.74) is 4.08. The van der Waals surface area contributed by atoms with Crippen molar-refractivity contribution in [1.82, 2.24) is 0 Å². The molecule has 1 aliphatic rings. The van der Waals surface area contributed by atoms with Crippen molar-refractivity contribution in [2.45, 2.75) is 118 Å². The van der Waals surface area contributed by atoms with Crippen LogP contribution in [0.4, 0.5) is 0 Å². The van der Waals surface area contributed by atoms with E-state index in [0.717, 1.165) is 38.0 Å². The van der Waals surface area contributed by atoms with Crippen molar-refractivity contribution in [1.29, 1.82) is 0 Å². The Balaban J connectivity index is 0.000000293. The van der Waals surface area contributed by atoms with Gasteiger partial charge < -0.3 is 0 Å². The van der Waals surface area contributed by atoms with Crippen molar-refractivity contribution in [3.63, 3.8) is 0 Å². The van der Waals surface area contributed by atoms with Gasteiger partial charge in [-0.05, 0) is 74.0 Å². The first kappa shape index (κ1) is 31.7. The summed E-state index contributed by atoms with van der Waals surface area (Å²) in [6, 6.07) is 21.1. The van der Waals surface area contributed by atoms with Crippen molar-refractivity contribution >= 4 is 11.6 Å². The average Bonchev–Trinajstić information content (AvgIpc) is 2.96. The first-order valence-electron chi connectivity index (χ1n) is 15.1. The highest BCUT2D eigenvalue weighted by molar-refractivity contribution is 5.89. The van der Waals surface area contributed by atoms with Crippen LogP contribution < -0.4 is 0 Å². The van der Waals surface area contributed by atoms with E-state index in [0.29, 0.717) is 18.6 Å². The number of carbonyl (C=O) groups is 2. The fourth-order valence-corrected chi connectivity index (χ4v) is 5.46. The summed E-state index contributed by atoms with van der Waals surface area (Å²) in [6.45, 7) is 8.27. The van der Waals surface area contributed by atoms with E-state index < -0.39 is 0 Å². The fourth-order valence-electron chi connectivity index (χ4n) is 5.46. The van der Waals surface area contributed by atoms with Crippen molar-refractivity contribution in [2.75, 3.05) is 0 Å². The van der Waals surface area contributed by atoms with Crippen LogP contribution in [-0.4, -0.2) is 11.6 Å². The molecule has 0 radical (unpaired) electrons. The van der Waals surface area contributed by atoms with E-state index in [9.17, 15) is 9.59 Å². The maximum atomic E-state index is 12.1. The van der Waals surface area contributed by atoms with Gasteiger partial charge in [0, 0.05) is 19.3 Å². The molecule has 0 bridgehead atoms. The van der Waals surface area contributed by atoms with E-state index in [1.165, 1.54) is 61.6 Å². The Bertz CT molecular complexity index is 953. The van der Waals surface area contributed by atoms with Crippen LogP contribution in [0.15, 0.2) is 72.3 Å². The summed E-state index contributed by atoms with van der Waals surface area (Å²) in [4.78, 5) is 23.2. The Kier molecular flexibility index (Phi) is 15.0. The van der Waals surface area contributed by atoms with Gasteiger partial charge in [0.25, 0.3) is 0 Å². The monoisotopic (exact) mass is 516 g/mol. The molecule has 2 aromatic carbocycles. The van der Waals surface area contributed by atoms with E-state index in [4.69, 9.17) is 0 Å². The quantitative estimate of drug-likeness (QED) is 0.234. The highest BCUT2D eigenvalue weighted by Crippen LogP contribution is 2.38. The van der Waals surface area contributed by atoms with Crippen LogP contribution in [-0.2, 0) is 22.4 Å². The number of carbonyl (C=O) groups excluding carboxylic acids is 2. The SMILES string of the molecule is CCC(=O)/C=C(\C)CCc1ccccc1.CCC(=O)C[C@](C)(CCc1ccccc1)CCC1CCCCC1. The Morgan fingerprint density at radius 3 is 1.95 bits per heavy atom. The third-order valence-corrected chi connectivity index (χ3v) is 8.17. The maximum Gasteiger partial charge on any atom is 0.155 e. The van der Waals surface area contributed by atoms with Crippen molar-refractivity contribution in [2.24, 2.45) is 11.3 Å². The number of benzene rings is 2. The van der Waals surface area contributed by atoms with Crippen molar-refractivity contribution in [3.05, 3.63) is 83.4 Å². The number of Topliss-reactive ketones (excluding diaryl/α,β-unsaturated/α-hetero) is 1. The summed E-state index contributed by atoms with van der Waals surface area (Å²) in [6.07, 6.45) is 17.7. The lowest BCUT2D eigenvalue weighted by Crippen LogP contribution is -2.23. The van der Waals surface area contributed by atoms with Gasteiger partial charge in [-0.1, -0.05) is 119 Å². The van der Waals surface area contributed by atoms with Gasteiger partial charge in [-0.25, -0.2) is 0 Å². The molecule has 2 heteroatoms. The molecule has 2 aromatic rings. The second-order valence-electron chi connectivity index (χ2n) is 11.7. The summed E-state index contributed by atoms with van der Waals surface area (Å²) in [5, 5.41) is 0. The smallest absolute Gasteiger partial charge is 0.155 e. The Morgan fingerprint density at radius 2 is 1.39 bits per heavy atom. The molecule has 1 atom stereocenters. The van der Waals surface area contributed by atoms with E-state index in [-0.39, 0.29) is 11.2 Å². The first-order chi connectivity index (χ1) is 18.3. The lowest BCUT2D eigenvalue weighted by atomic mass is 9.73. The first-order valence-corrected chi connectivity index (χ1v) is 15.1. The van der Waals surface area contributed by atoms with Gasteiger partial charge in [0.15, 0.2) is 5.78 Å². The molecule has 0 aliphatic heterocycles.